The number of ether oxygens (including phenoxy) is 1. The molecular formula is C19H22FNO. The molecule has 0 aromatic heterocycles. The molecule has 0 spiro atoms. The normalized spacial score (nSPS) is 17.0. The van der Waals surface area contributed by atoms with Gasteiger partial charge < -0.3 is 10.1 Å². The van der Waals surface area contributed by atoms with Crippen LogP contribution in [-0.4, -0.2) is 7.11 Å². The van der Waals surface area contributed by atoms with Gasteiger partial charge in [-0.1, -0.05) is 32.9 Å². The summed E-state index contributed by atoms with van der Waals surface area (Å²) < 4.78 is 19.0. The molecule has 2 nitrogen and oxygen atoms in total. The van der Waals surface area contributed by atoms with E-state index in [-0.39, 0.29) is 17.3 Å². The average Bonchev–Trinajstić information content (AvgIpc) is 2.89. The van der Waals surface area contributed by atoms with E-state index in [9.17, 15) is 4.39 Å². The monoisotopic (exact) mass is 299 g/mol. The molecule has 3 rings (SSSR count). The van der Waals surface area contributed by atoms with Crippen LogP contribution >= 0.6 is 0 Å². The van der Waals surface area contributed by atoms with Crippen molar-refractivity contribution in [3.05, 3.63) is 58.9 Å². The molecule has 0 fully saturated rings. The van der Waals surface area contributed by atoms with Gasteiger partial charge in [-0.05, 0) is 47.2 Å². The van der Waals surface area contributed by atoms with Crippen molar-refractivity contribution in [1.82, 2.24) is 0 Å². The van der Waals surface area contributed by atoms with Crippen molar-refractivity contribution in [2.75, 3.05) is 12.4 Å². The Morgan fingerprint density at radius 1 is 1.14 bits per heavy atom. The first-order valence-corrected chi connectivity index (χ1v) is 7.62. The lowest BCUT2D eigenvalue weighted by Crippen LogP contribution is -2.11. The minimum Gasteiger partial charge on any atom is -0.496 e. The topological polar surface area (TPSA) is 21.3 Å². The number of hydrogen-bond donors (Lipinski definition) is 1. The lowest BCUT2D eigenvalue weighted by molar-refractivity contribution is 0.406. The highest BCUT2D eigenvalue weighted by Crippen LogP contribution is 2.39. The Hall–Kier alpha value is -2.03. The number of rotatable bonds is 2. The first-order chi connectivity index (χ1) is 10.4. The number of anilines is 1. The summed E-state index contributed by atoms with van der Waals surface area (Å²) in [6.45, 7) is 6.64. The van der Waals surface area contributed by atoms with E-state index in [4.69, 9.17) is 4.74 Å². The Morgan fingerprint density at radius 2 is 1.91 bits per heavy atom. The molecule has 0 saturated heterocycles. The highest BCUT2D eigenvalue weighted by molar-refractivity contribution is 5.61. The molecule has 3 heteroatoms. The zero-order chi connectivity index (χ0) is 15.9. The highest BCUT2D eigenvalue weighted by atomic mass is 19.1. The number of methoxy groups -OCH3 is 1. The zero-order valence-electron chi connectivity index (χ0n) is 13.5. The van der Waals surface area contributed by atoms with Gasteiger partial charge >= 0.3 is 0 Å². The van der Waals surface area contributed by atoms with Crippen LogP contribution in [-0.2, 0) is 11.8 Å². The molecule has 1 N–H and O–H groups in total. The van der Waals surface area contributed by atoms with Crippen molar-refractivity contribution in [2.24, 2.45) is 0 Å². The second-order valence-corrected chi connectivity index (χ2v) is 6.91. The Balaban J connectivity index is 1.93. The maximum absolute atomic E-state index is 13.6. The standard InChI is InChI=1S/C19H22FNO/c1-19(2,3)13-5-7-16-12(9-13)10-17(21-16)15-11-14(20)6-8-18(15)22-4/h5-9,11,17,21H,10H2,1-4H3. The molecule has 1 unspecified atom stereocenters. The quantitative estimate of drug-likeness (QED) is 0.856. The second kappa shape index (κ2) is 5.31. The van der Waals surface area contributed by atoms with Crippen molar-refractivity contribution < 1.29 is 9.13 Å². The van der Waals surface area contributed by atoms with E-state index in [1.54, 1.807) is 19.2 Å². The third-order valence-electron chi connectivity index (χ3n) is 4.29. The molecule has 116 valence electrons. The molecular weight excluding hydrogens is 277 g/mol. The largest absolute Gasteiger partial charge is 0.496 e. The third kappa shape index (κ3) is 2.68. The van der Waals surface area contributed by atoms with Gasteiger partial charge in [0.05, 0.1) is 13.2 Å². The van der Waals surface area contributed by atoms with Crippen LogP contribution in [0.25, 0.3) is 0 Å². The fraction of sp³-hybridized carbons (Fsp3) is 0.368. The molecule has 0 amide bonds. The summed E-state index contributed by atoms with van der Waals surface area (Å²) in [5.41, 5.74) is 4.73. The number of nitrogens with one attached hydrogen (secondary N) is 1. The summed E-state index contributed by atoms with van der Waals surface area (Å²) in [5, 5.41) is 3.48. The molecule has 2 aromatic rings. The van der Waals surface area contributed by atoms with Gasteiger partial charge in [-0.2, -0.15) is 0 Å². The molecule has 1 aliphatic heterocycles. The molecule has 1 aliphatic rings. The molecule has 2 aromatic carbocycles. The fourth-order valence-electron chi connectivity index (χ4n) is 2.99. The van der Waals surface area contributed by atoms with Gasteiger partial charge in [-0.15, -0.1) is 0 Å². The van der Waals surface area contributed by atoms with E-state index in [2.05, 4.69) is 44.3 Å². The van der Waals surface area contributed by atoms with Crippen LogP contribution in [0, 0.1) is 5.82 Å². The van der Waals surface area contributed by atoms with E-state index < -0.39 is 0 Å². The molecule has 0 radical (unpaired) electrons. The van der Waals surface area contributed by atoms with Gasteiger partial charge in [0, 0.05) is 11.3 Å². The Kier molecular flexibility index (Phi) is 3.59. The predicted molar refractivity (Wildman–Crippen MR) is 88.2 cm³/mol. The molecule has 1 heterocycles. The predicted octanol–water partition coefficient (Wildman–Crippen LogP) is 4.84. The summed E-state index contributed by atoms with van der Waals surface area (Å²) in [4.78, 5) is 0. The van der Waals surface area contributed by atoms with E-state index in [1.165, 1.54) is 17.2 Å². The van der Waals surface area contributed by atoms with Gasteiger partial charge in [0.1, 0.15) is 11.6 Å². The van der Waals surface area contributed by atoms with E-state index in [1.807, 2.05) is 0 Å². The second-order valence-electron chi connectivity index (χ2n) is 6.91. The van der Waals surface area contributed by atoms with Gasteiger partial charge in [0.15, 0.2) is 0 Å². The minimum atomic E-state index is -0.232. The first kappa shape index (κ1) is 14.9. The minimum absolute atomic E-state index is 0.0517. The van der Waals surface area contributed by atoms with Gasteiger partial charge in [-0.25, -0.2) is 4.39 Å². The van der Waals surface area contributed by atoms with Crippen LogP contribution in [0.5, 0.6) is 5.75 Å². The van der Waals surface area contributed by atoms with Crippen LogP contribution in [0.1, 0.15) is 43.5 Å². The molecule has 0 saturated carbocycles. The summed E-state index contributed by atoms with van der Waals surface area (Å²) in [5.74, 6) is 0.492. The van der Waals surface area contributed by atoms with Crippen molar-refractivity contribution >= 4 is 5.69 Å². The van der Waals surface area contributed by atoms with Crippen LogP contribution in [0.4, 0.5) is 10.1 Å². The fourth-order valence-corrected chi connectivity index (χ4v) is 2.99. The number of fused-ring (bicyclic) bond motifs is 1. The summed E-state index contributed by atoms with van der Waals surface area (Å²) in [6.07, 6.45) is 0.846. The third-order valence-corrected chi connectivity index (χ3v) is 4.29. The Morgan fingerprint density at radius 3 is 2.59 bits per heavy atom. The van der Waals surface area contributed by atoms with E-state index in [0.29, 0.717) is 0 Å². The Bertz CT molecular complexity index is 703. The maximum Gasteiger partial charge on any atom is 0.124 e. The smallest absolute Gasteiger partial charge is 0.124 e. The average molecular weight is 299 g/mol. The zero-order valence-corrected chi connectivity index (χ0v) is 13.5. The number of hydrogen-bond acceptors (Lipinski definition) is 2. The van der Waals surface area contributed by atoms with Gasteiger partial charge in [-0.3, -0.25) is 0 Å². The number of benzene rings is 2. The maximum atomic E-state index is 13.6. The highest BCUT2D eigenvalue weighted by Gasteiger charge is 2.26. The lowest BCUT2D eigenvalue weighted by Gasteiger charge is -2.19. The van der Waals surface area contributed by atoms with Crippen molar-refractivity contribution in [3.8, 4) is 5.75 Å². The van der Waals surface area contributed by atoms with Crippen LogP contribution in [0.15, 0.2) is 36.4 Å². The van der Waals surface area contributed by atoms with Crippen molar-refractivity contribution in [1.29, 1.82) is 0 Å². The van der Waals surface area contributed by atoms with Crippen LogP contribution < -0.4 is 10.1 Å². The lowest BCUT2D eigenvalue weighted by atomic mass is 9.85. The van der Waals surface area contributed by atoms with Crippen molar-refractivity contribution in [3.63, 3.8) is 0 Å². The van der Waals surface area contributed by atoms with Gasteiger partial charge in [0.25, 0.3) is 0 Å². The van der Waals surface area contributed by atoms with E-state index >= 15 is 0 Å². The molecule has 0 aliphatic carbocycles. The SMILES string of the molecule is COc1ccc(F)cc1C1Cc2cc(C(C)(C)C)ccc2N1. The van der Waals surface area contributed by atoms with Crippen molar-refractivity contribution in [2.45, 2.75) is 38.6 Å². The number of halogens is 1. The van der Waals surface area contributed by atoms with Crippen LogP contribution in [0.2, 0.25) is 0 Å². The molecule has 1 atom stereocenters. The summed E-state index contributed by atoms with van der Waals surface area (Å²) >= 11 is 0. The first-order valence-electron chi connectivity index (χ1n) is 7.62. The summed E-state index contributed by atoms with van der Waals surface area (Å²) in [6, 6.07) is 11.3. The molecule has 0 bridgehead atoms. The molecule has 22 heavy (non-hydrogen) atoms. The van der Waals surface area contributed by atoms with Gasteiger partial charge in [0.2, 0.25) is 0 Å². The summed E-state index contributed by atoms with van der Waals surface area (Å²) in [7, 11) is 1.62. The van der Waals surface area contributed by atoms with Crippen LogP contribution in [0.3, 0.4) is 0 Å². The van der Waals surface area contributed by atoms with E-state index in [0.717, 1.165) is 23.4 Å². The Labute approximate surface area is 131 Å².